The molecule has 0 bridgehead atoms. The molecule has 2 aromatic rings. The van der Waals surface area contributed by atoms with E-state index in [0.717, 1.165) is 5.56 Å². The van der Waals surface area contributed by atoms with E-state index in [0.29, 0.717) is 36.0 Å². The van der Waals surface area contributed by atoms with E-state index in [1.165, 1.54) is 6.33 Å². The Labute approximate surface area is 161 Å². The molecule has 0 radical (unpaired) electrons. The lowest BCUT2D eigenvalue weighted by molar-refractivity contribution is -0.189. The van der Waals surface area contributed by atoms with Gasteiger partial charge in [-0.25, -0.2) is 14.5 Å². The third-order valence-corrected chi connectivity index (χ3v) is 4.69. The van der Waals surface area contributed by atoms with Crippen molar-refractivity contribution in [2.45, 2.75) is 38.2 Å². The Morgan fingerprint density at radius 3 is 3.00 bits per heavy atom. The topological polar surface area (TPSA) is 75.5 Å². The van der Waals surface area contributed by atoms with Gasteiger partial charge in [-0.15, -0.1) is 0 Å². The van der Waals surface area contributed by atoms with Gasteiger partial charge in [0.05, 0.1) is 13.2 Å². The Kier molecular flexibility index (Phi) is 6.13. The summed E-state index contributed by atoms with van der Waals surface area (Å²) in [7, 11) is 0. The van der Waals surface area contributed by atoms with Crippen LogP contribution >= 0.6 is 23.2 Å². The zero-order chi connectivity index (χ0) is 18.6. The quantitative estimate of drug-likeness (QED) is 0.665. The zero-order valence-corrected chi connectivity index (χ0v) is 15.7. The van der Waals surface area contributed by atoms with E-state index in [1.807, 2.05) is 6.07 Å². The molecule has 1 aromatic heterocycles. The Balaban J connectivity index is 1.80. The summed E-state index contributed by atoms with van der Waals surface area (Å²) in [6.45, 7) is 2.31. The molecule has 2 heterocycles. The van der Waals surface area contributed by atoms with Crippen LogP contribution in [0.3, 0.4) is 0 Å². The molecule has 3 rings (SSSR count). The van der Waals surface area contributed by atoms with Crippen molar-refractivity contribution in [1.82, 2.24) is 14.8 Å². The average Bonchev–Trinajstić information content (AvgIpc) is 3.24. The van der Waals surface area contributed by atoms with Crippen molar-refractivity contribution in [3.05, 3.63) is 46.5 Å². The van der Waals surface area contributed by atoms with E-state index in [1.54, 1.807) is 30.1 Å². The van der Waals surface area contributed by atoms with E-state index in [4.69, 9.17) is 37.4 Å². The van der Waals surface area contributed by atoms with Crippen LogP contribution < -0.4 is 0 Å². The predicted octanol–water partition coefficient (Wildman–Crippen LogP) is 3.20. The predicted molar refractivity (Wildman–Crippen MR) is 94.9 cm³/mol. The van der Waals surface area contributed by atoms with Gasteiger partial charge >= 0.3 is 5.97 Å². The fourth-order valence-corrected chi connectivity index (χ4v) is 3.62. The number of carbonyl (C=O) groups excluding carboxylic acids is 1. The lowest BCUT2D eigenvalue weighted by Gasteiger charge is -2.30. The number of ether oxygens (including phenoxy) is 3. The standard InChI is InChI=1S/C17H19Cl2N3O4/c1-2-24-15(23)8-25-16-5-6-17(26-16,9-22-11-20-10-21-22)13-4-3-12(18)7-14(13)19/h3-4,7,10-11,16H,2,5-6,8-9H2,1H3. The molecule has 0 saturated carbocycles. The maximum absolute atomic E-state index is 11.5. The number of esters is 1. The molecular weight excluding hydrogens is 381 g/mol. The van der Waals surface area contributed by atoms with Crippen LogP contribution in [0.25, 0.3) is 0 Å². The third kappa shape index (κ3) is 4.35. The van der Waals surface area contributed by atoms with Crippen LogP contribution in [0.2, 0.25) is 10.0 Å². The van der Waals surface area contributed by atoms with Crippen molar-refractivity contribution in [2.24, 2.45) is 0 Å². The molecule has 1 fully saturated rings. The van der Waals surface area contributed by atoms with Gasteiger partial charge in [0.25, 0.3) is 0 Å². The molecule has 26 heavy (non-hydrogen) atoms. The van der Waals surface area contributed by atoms with E-state index < -0.39 is 17.9 Å². The second-order valence-corrected chi connectivity index (χ2v) is 6.76. The fraction of sp³-hybridized carbons (Fsp3) is 0.471. The molecule has 140 valence electrons. The minimum atomic E-state index is -0.755. The Bertz CT molecular complexity index is 756. The molecule has 9 heteroatoms. The van der Waals surface area contributed by atoms with Crippen molar-refractivity contribution in [3.8, 4) is 0 Å². The van der Waals surface area contributed by atoms with Crippen LogP contribution in [-0.2, 0) is 31.2 Å². The molecule has 0 aliphatic carbocycles. The minimum absolute atomic E-state index is 0.160. The molecule has 2 unspecified atom stereocenters. The molecule has 2 atom stereocenters. The average molecular weight is 400 g/mol. The first-order chi connectivity index (χ1) is 12.5. The molecule has 1 aliphatic heterocycles. The molecule has 0 amide bonds. The first-order valence-electron chi connectivity index (χ1n) is 8.25. The number of aromatic nitrogens is 3. The maximum atomic E-state index is 11.5. The highest BCUT2D eigenvalue weighted by molar-refractivity contribution is 6.35. The summed E-state index contributed by atoms with van der Waals surface area (Å²) in [6, 6.07) is 5.29. The molecule has 1 saturated heterocycles. The summed E-state index contributed by atoms with van der Waals surface area (Å²) in [5.74, 6) is -0.422. The summed E-state index contributed by atoms with van der Waals surface area (Å²) in [6.07, 6.45) is 3.77. The van der Waals surface area contributed by atoms with Crippen molar-refractivity contribution < 1.29 is 19.0 Å². The fourth-order valence-electron chi connectivity index (χ4n) is 3.04. The summed E-state index contributed by atoms with van der Waals surface area (Å²) in [5.41, 5.74) is 0.0376. The number of carbonyl (C=O) groups is 1. The van der Waals surface area contributed by atoms with Crippen molar-refractivity contribution in [1.29, 1.82) is 0 Å². The summed E-state index contributed by atoms with van der Waals surface area (Å²) < 4.78 is 18.3. The zero-order valence-electron chi connectivity index (χ0n) is 14.2. The molecule has 1 aromatic carbocycles. The van der Waals surface area contributed by atoms with Crippen molar-refractivity contribution in [3.63, 3.8) is 0 Å². The number of hydrogen-bond donors (Lipinski definition) is 0. The van der Waals surface area contributed by atoms with Gasteiger partial charge in [-0.3, -0.25) is 0 Å². The normalized spacial score (nSPS) is 22.5. The van der Waals surface area contributed by atoms with Gasteiger partial charge in [-0.05, 0) is 25.5 Å². The first-order valence-corrected chi connectivity index (χ1v) is 9.01. The van der Waals surface area contributed by atoms with Crippen LogP contribution in [0.4, 0.5) is 0 Å². The van der Waals surface area contributed by atoms with Gasteiger partial charge in [-0.1, -0.05) is 29.3 Å². The highest BCUT2D eigenvalue weighted by Crippen LogP contribution is 2.44. The van der Waals surface area contributed by atoms with Gasteiger partial charge in [0.15, 0.2) is 6.29 Å². The molecular formula is C17H19Cl2N3O4. The summed E-state index contributed by atoms with van der Waals surface area (Å²) in [5, 5.41) is 5.21. The third-order valence-electron chi connectivity index (χ3n) is 4.14. The van der Waals surface area contributed by atoms with Crippen LogP contribution in [0.5, 0.6) is 0 Å². The number of hydrogen-bond acceptors (Lipinski definition) is 6. The monoisotopic (exact) mass is 399 g/mol. The lowest BCUT2D eigenvalue weighted by Crippen LogP contribution is -2.33. The Morgan fingerprint density at radius 1 is 1.46 bits per heavy atom. The number of rotatable bonds is 7. The van der Waals surface area contributed by atoms with Crippen LogP contribution in [-0.4, -0.2) is 40.2 Å². The number of nitrogens with zero attached hydrogens (tertiary/aromatic N) is 3. The van der Waals surface area contributed by atoms with E-state index in [-0.39, 0.29) is 6.61 Å². The molecule has 0 spiro atoms. The first kappa shape index (κ1) is 19.1. The van der Waals surface area contributed by atoms with Gasteiger partial charge in [0.2, 0.25) is 0 Å². The smallest absolute Gasteiger partial charge is 0.332 e. The molecule has 7 nitrogen and oxygen atoms in total. The van der Waals surface area contributed by atoms with Crippen LogP contribution in [0, 0.1) is 0 Å². The van der Waals surface area contributed by atoms with Crippen molar-refractivity contribution >= 4 is 29.2 Å². The van der Waals surface area contributed by atoms with Gasteiger partial charge in [0.1, 0.15) is 24.9 Å². The second kappa shape index (κ2) is 8.35. The SMILES string of the molecule is CCOC(=O)COC1CCC(Cn2cncn2)(c2ccc(Cl)cc2Cl)O1. The van der Waals surface area contributed by atoms with Crippen LogP contribution in [0.15, 0.2) is 30.9 Å². The Morgan fingerprint density at radius 2 is 2.31 bits per heavy atom. The lowest BCUT2D eigenvalue weighted by atomic mass is 9.90. The summed E-state index contributed by atoms with van der Waals surface area (Å²) >= 11 is 12.5. The van der Waals surface area contributed by atoms with E-state index in [2.05, 4.69) is 10.1 Å². The highest BCUT2D eigenvalue weighted by Gasteiger charge is 2.44. The maximum Gasteiger partial charge on any atom is 0.332 e. The summed E-state index contributed by atoms with van der Waals surface area (Å²) in [4.78, 5) is 15.5. The van der Waals surface area contributed by atoms with Crippen molar-refractivity contribution in [2.75, 3.05) is 13.2 Å². The van der Waals surface area contributed by atoms with Gasteiger partial charge in [-0.2, -0.15) is 5.10 Å². The number of benzene rings is 1. The molecule has 1 aliphatic rings. The van der Waals surface area contributed by atoms with E-state index in [9.17, 15) is 4.79 Å². The minimum Gasteiger partial charge on any atom is -0.464 e. The van der Waals surface area contributed by atoms with Gasteiger partial charge < -0.3 is 14.2 Å². The number of halogens is 2. The largest absolute Gasteiger partial charge is 0.464 e. The highest BCUT2D eigenvalue weighted by atomic mass is 35.5. The second-order valence-electron chi connectivity index (χ2n) is 5.91. The molecule has 0 N–H and O–H groups in total. The van der Waals surface area contributed by atoms with Gasteiger partial charge in [0, 0.05) is 22.0 Å². The Hall–Kier alpha value is -1.67. The van der Waals surface area contributed by atoms with E-state index >= 15 is 0 Å². The van der Waals surface area contributed by atoms with Crippen LogP contribution in [0.1, 0.15) is 25.3 Å².